The predicted octanol–water partition coefficient (Wildman–Crippen LogP) is 12.6. The summed E-state index contributed by atoms with van der Waals surface area (Å²) in [6.07, 6.45) is 11.0. The lowest BCUT2D eigenvalue weighted by Gasteiger charge is -2.24. The zero-order chi connectivity index (χ0) is 52.8. The summed E-state index contributed by atoms with van der Waals surface area (Å²) in [5.41, 5.74) is 14.3. The highest BCUT2D eigenvalue weighted by Crippen LogP contribution is 2.50. The Balaban J connectivity index is 0.000000162. The van der Waals surface area contributed by atoms with Gasteiger partial charge in [0.25, 0.3) is 0 Å². The molecule has 76 heavy (non-hydrogen) atoms. The van der Waals surface area contributed by atoms with Crippen LogP contribution in [0.3, 0.4) is 0 Å². The summed E-state index contributed by atoms with van der Waals surface area (Å²) in [7, 11) is 0. The molecule has 0 amide bonds. The van der Waals surface area contributed by atoms with Crippen molar-refractivity contribution in [1.82, 2.24) is 9.97 Å². The molecule has 4 aliphatic carbocycles. The van der Waals surface area contributed by atoms with Crippen molar-refractivity contribution < 1.29 is 47.5 Å². The largest absolute Gasteiger partial charge is 0.493 e. The molecular formula is C62H66F2N4O8. The van der Waals surface area contributed by atoms with Crippen LogP contribution in [0.4, 0.5) is 20.4 Å². The first kappa shape index (κ1) is 51.2. The van der Waals surface area contributed by atoms with E-state index in [1.165, 1.54) is 0 Å². The molecule has 2 saturated carbocycles. The van der Waals surface area contributed by atoms with E-state index in [1.54, 1.807) is 24.5 Å². The zero-order valence-corrected chi connectivity index (χ0v) is 43.6. The van der Waals surface area contributed by atoms with Crippen molar-refractivity contribution in [3.05, 3.63) is 152 Å². The van der Waals surface area contributed by atoms with Crippen LogP contribution in [-0.2, 0) is 31.9 Å². The van der Waals surface area contributed by atoms with Crippen LogP contribution in [0, 0.1) is 57.1 Å². The number of aryl methyl sites for hydroxylation is 4. The van der Waals surface area contributed by atoms with Crippen molar-refractivity contribution in [2.24, 2.45) is 17.8 Å². The summed E-state index contributed by atoms with van der Waals surface area (Å²) < 4.78 is 53.7. The van der Waals surface area contributed by atoms with Crippen molar-refractivity contribution >= 4 is 23.6 Å². The topological polar surface area (TPSA) is 161 Å². The fourth-order valence-corrected chi connectivity index (χ4v) is 12.4. The number of halogens is 2. The third-order valence-corrected chi connectivity index (χ3v) is 16.5. The molecule has 6 aliphatic rings. The number of carboxylic acids is 2. The molecule has 14 heteroatoms. The highest BCUT2D eigenvalue weighted by Gasteiger charge is 2.45. The normalized spacial score (nSPS) is 23.2. The minimum absolute atomic E-state index is 0.0428. The number of anilines is 2. The van der Waals surface area contributed by atoms with Crippen molar-refractivity contribution in [3.63, 3.8) is 0 Å². The number of hydrogen-bond acceptors (Lipinski definition) is 10. The summed E-state index contributed by atoms with van der Waals surface area (Å²) in [5.74, 6) is 1.10. The monoisotopic (exact) mass is 1030 g/mol. The van der Waals surface area contributed by atoms with E-state index in [4.69, 9.17) is 18.9 Å². The van der Waals surface area contributed by atoms with Crippen LogP contribution in [0.1, 0.15) is 124 Å². The summed E-state index contributed by atoms with van der Waals surface area (Å²) >= 11 is 0. The number of benzene rings is 4. The molecule has 0 radical (unpaired) electrons. The Morgan fingerprint density at radius 2 is 1.09 bits per heavy atom. The zero-order valence-electron chi connectivity index (χ0n) is 43.6. The van der Waals surface area contributed by atoms with Gasteiger partial charge in [0.15, 0.2) is 0 Å². The van der Waals surface area contributed by atoms with Gasteiger partial charge in [-0.3, -0.25) is 9.59 Å². The number of aliphatic carboxylic acids is 2. The van der Waals surface area contributed by atoms with Crippen molar-refractivity contribution in [1.29, 1.82) is 0 Å². The number of nitrogens with zero attached hydrogens (tertiary/aromatic N) is 2. The lowest BCUT2D eigenvalue weighted by Crippen LogP contribution is -2.25. The number of rotatable bonds is 15. The third-order valence-electron chi connectivity index (χ3n) is 16.5. The van der Waals surface area contributed by atoms with Crippen LogP contribution >= 0.6 is 0 Å². The Bertz CT molecular complexity index is 3110. The lowest BCUT2D eigenvalue weighted by molar-refractivity contribution is -0.139. The molecule has 4 fully saturated rings. The highest BCUT2D eigenvalue weighted by atomic mass is 19.1. The molecule has 4 N–H and O–H groups in total. The summed E-state index contributed by atoms with van der Waals surface area (Å²) in [5, 5.41) is 25.2. The number of fused-ring (bicyclic) bond motifs is 2. The summed E-state index contributed by atoms with van der Waals surface area (Å²) in [6.45, 7) is 12.1. The molecule has 396 valence electrons. The van der Waals surface area contributed by atoms with Crippen LogP contribution in [0.15, 0.2) is 85.2 Å². The number of carbonyl (C=O) groups is 2. The Hall–Kier alpha value is -6.90. The molecule has 4 heterocycles. The fourth-order valence-electron chi connectivity index (χ4n) is 12.4. The minimum Gasteiger partial charge on any atom is -0.493 e. The minimum atomic E-state index is -0.752. The van der Waals surface area contributed by atoms with Crippen LogP contribution in [0.5, 0.6) is 11.5 Å². The molecule has 6 aromatic rings. The molecule has 4 aromatic carbocycles. The van der Waals surface area contributed by atoms with Crippen molar-refractivity contribution in [2.75, 3.05) is 43.7 Å². The maximum atomic E-state index is 15.2. The first-order valence-corrected chi connectivity index (χ1v) is 27.0. The second kappa shape index (κ2) is 21.6. The van der Waals surface area contributed by atoms with E-state index in [2.05, 4.69) is 72.6 Å². The first-order chi connectivity index (χ1) is 36.8. The molecule has 2 aromatic heterocycles. The van der Waals surface area contributed by atoms with Crippen molar-refractivity contribution in [3.8, 4) is 33.8 Å². The average Bonchev–Trinajstić information content (AvgIpc) is 4.26. The van der Waals surface area contributed by atoms with Gasteiger partial charge in [-0.2, -0.15) is 0 Å². The highest BCUT2D eigenvalue weighted by molar-refractivity contribution is 5.79. The Kier molecular flexibility index (Phi) is 14.6. The molecule has 2 aliphatic heterocycles. The predicted molar refractivity (Wildman–Crippen MR) is 286 cm³/mol. The smallest absolute Gasteiger partial charge is 0.307 e. The fraction of sp³-hybridized carbons (Fsp3) is 0.419. The first-order valence-electron chi connectivity index (χ1n) is 27.0. The number of pyridine rings is 2. The average molecular weight is 1030 g/mol. The van der Waals surface area contributed by atoms with Gasteiger partial charge in [0.2, 0.25) is 0 Å². The molecular weight excluding hydrogens is 967 g/mol. The second-order valence-corrected chi connectivity index (χ2v) is 21.8. The summed E-state index contributed by atoms with van der Waals surface area (Å²) in [4.78, 5) is 31.4. The van der Waals surface area contributed by atoms with Gasteiger partial charge in [0.1, 0.15) is 40.9 Å². The third kappa shape index (κ3) is 10.8. The number of aromatic nitrogens is 2. The molecule has 1 unspecified atom stereocenters. The van der Waals surface area contributed by atoms with Crippen LogP contribution in [-0.4, -0.2) is 71.3 Å². The van der Waals surface area contributed by atoms with E-state index in [9.17, 15) is 19.8 Å². The lowest BCUT2D eigenvalue weighted by atomic mass is 9.90. The molecule has 0 spiro atoms. The number of carboxylic acid groups (broad SMARTS) is 2. The van der Waals surface area contributed by atoms with E-state index in [0.717, 1.165) is 150 Å². The molecule has 7 atom stereocenters. The van der Waals surface area contributed by atoms with E-state index < -0.39 is 11.9 Å². The maximum absolute atomic E-state index is 15.2. The van der Waals surface area contributed by atoms with Gasteiger partial charge in [-0.1, -0.05) is 24.3 Å². The van der Waals surface area contributed by atoms with E-state index in [0.29, 0.717) is 48.1 Å². The Morgan fingerprint density at radius 3 is 1.51 bits per heavy atom. The van der Waals surface area contributed by atoms with Crippen LogP contribution < -0.4 is 20.1 Å². The second-order valence-electron chi connectivity index (χ2n) is 21.8. The van der Waals surface area contributed by atoms with Gasteiger partial charge >= 0.3 is 11.9 Å². The van der Waals surface area contributed by atoms with Crippen LogP contribution in [0.25, 0.3) is 22.3 Å². The van der Waals surface area contributed by atoms with Gasteiger partial charge in [0, 0.05) is 48.9 Å². The number of nitrogens with one attached hydrogen (secondary N) is 2. The standard InChI is InChI=1S/2C31H33FN2O4/c1-17-13-21(38-20-9-11-37-12-10-20)14-18(2)29(17)22-4-6-26(32)30-23(22)5-7-27(30)34-28-8-3-19(16-33-28)24-15-25(24)31(35)36;1-17-11-21(38-16-19-9-10-37-15-19)12-18(2)29(17)22-4-6-26(32)30-23(22)5-7-27(30)34-28-8-3-20(14-33-28)24-13-25(24)31(35)36/h3-4,6,8,13-14,16,20,24-25,27H,5,7,9-12,15H2,1-2H3,(H,33,34)(H,35,36);3-4,6,8,11-12,14,19,24-25,27H,5,7,9-10,13,15-16H2,1-2H3,(H,33,34)(H,35,36)/t24-,25+,27-;19?,24-,25+,27-/m11/s1. The van der Waals surface area contributed by atoms with Gasteiger partial charge < -0.3 is 39.8 Å². The maximum Gasteiger partial charge on any atom is 0.307 e. The van der Waals surface area contributed by atoms with E-state index in [1.807, 2.05) is 36.4 Å². The molecule has 2 saturated heterocycles. The van der Waals surface area contributed by atoms with Crippen molar-refractivity contribution in [2.45, 2.75) is 116 Å². The molecule has 12 nitrogen and oxygen atoms in total. The SMILES string of the molecule is Cc1cc(OC2CCOCC2)cc(C)c1-c1ccc(F)c2c1CC[C@H]2Nc1ccc([C@H]2C[C@@H]2C(=O)O)cn1.Cc1cc(OCC2CCOC2)cc(C)c1-c1ccc(F)c2c1CC[C@H]2Nc1ccc([C@H]2C[C@@H]2C(=O)O)cn1. The molecule has 0 bridgehead atoms. The van der Waals surface area contributed by atoms with Gasteiger partial charge in [0.05, 0.1) is 50.3 Å². The molecule has 12 rings (SSSR count). The summed E-state index contributed by atoms with van der Waals surface area (Å²) in [6, 6.07) is 22.6. The Morgan fingerprint density at radius 1 is 0.618 bits per heavy atom. The number of ether oxygens (including phenoxy) is 4. The quantitative estimate of drug-likeness (QED) is 0.0772. The van der Waals surface area contributed by atoms with E-state index >= 15 is 8.78 Å². The number of hydrogen-bond donors (Lipinski definition) is 4. The van der Waals surface area contributed by atoms with Gasteiger partial charge in [-0.05, 0) is 200 Å². The van der Waals surface area contributed by atoms with Gasteiger partial charge in [-0.25, -0.2) is 18.7 Å². The van der Waals surface area contributed by atoms with Gasteiger partial charge in [-0.15, -0.1) is 0 Å². The Labute approximate surface area is 442 Å². The van der Waals surface area contributed by atoms with E-state index in [-0.39, 0.29) is 53.5 Å². The van der Waals surface area contributed by atoms with Crippen LogP contribution in [0.2, 0.25) is 0 Å².